The zero-order valence-electron chi connectivity index (χ0n) is 14.6. The number of Topliss-reactive ketones (excluding diaryl/α,β-unsaturated/α-hetero) is 2. The minimum atomic E-state index is -0.897. The van der Waals surface area contributed by atoms with Crippen LogP contribution in [0.1, 0.15) is 41.6 Å². The quantitative estimate of drug-likeness (QED) is 0.668. The fourth-order valence-corrected chi connectivity index (χ4v) is 3.16. The molecule has 130 valence electrons. The number of carbonyl (C=O) groups is 2. The molecule has 2 atom stereocenters. The molecule has 0 aliphatic carbocycles. The fraction of sp³-hybridized carbons (Fsp3) is 0.273. The average Bonchev–Trinajstić information content (AvgIpc) is 2.68. The van der Waals surface area contributed by atoms with Crippen LogP contribution in [-0.2, 0) is 4.79 Å². The van der Waals surface area contributed by atoms with Crippen LogP contribution in [0.25, 0.3) is 0 Å². The van der Waals surface area contributed by atoms with E-state index in [9.17, 15) is 20.1 Å². The van der Waals surface area contributed by atoms with Crippen LogP contribution < -0.4 is 0 Å². The van der Waals surface area contributed by atoms with Gasteiger partial charge in [0, 0.05) is 23.8 Å². The molecule has 0 saturated carbocycles. The summed E-state index contributed by atoms with van der Waals surface area (Å²) in [5.74, 6) is -2.06. The maximum Gasteiger partial charge on any atom is 0.166 e. The maximum atomic E-state index is 13.2. The van der Waals surface area contributed by atoms with Crippen LogP contribution in [-0.4, -0.2) is 11.6 Å². The summed E-state index contributed by atoms with van der Waals surface area (Å²) in [6, 6.07) is 22.1. The van der Waals surface area contributed by atoms with E-state index in [0.717, 1.165) is 5.56 Å². The SMILES string of the molecule is CC(=O)CC(c1ccccc1)C(CC(C#N)C#N)C(=O)c1ccccc1. The molecule has 2 rings (SSSR count). The zero-order valence-corrected chi connectivity index (χ0v) is 14.6. The molecule has 0 bridgehead atoms. The minimum Gasteiger partial charge on any atom is -0.300 e. The van der Waals surface area contributed by atoms with Crippen molar-refractivity contribution in [1.29, 1.82) is 10.5 Å². The van der Waals surface area contributed by atoms with Gasteiger partial charge < -0.3 is 4.79 Å². The molecule has 0 aliphatic heterocycles. The van der Waals surface area contributed by atoms with Crippen LogP contribution in [0.15, 0.2) is 60.7 Å². The van der Waals surface area contributed by atoms with Gasteiger partial charge in [-0.2, -0.15) is 10.5 Å². The highest BCUT2D eigenvalue weighted by Gasteiger charge is 2.33. The van der Waals surface area contributed by atoms with Gasteiger partial charge in [-0.15, -0.1) is 0 Å². The summed E-state index contributed by atoms with van der Waals surface area (Å²) in [6.45, 7) is 1.49. The molecule has 0 heterocycles. The Morgan fingerprint density at radius 1 is 0.923 bits per heavy atom. The van der Waals surface area contributed by atoms with Crippen LogP contribution in [0.4, 0.5) is 0 Å². The predicted octanol–water partition coefficient (Wildman–Crippen LogP) is 4.30. The number of carbonyl (C=O) groups excluding carboxylic acids is 2. The molecule has 0 spiro atoms. The van der Waals surface area contributed by atoms with Gasteiger partial charge in [0.25, 0.3) is 0 Å². The van der Waals surface area contributed by atoms with Crippen molar-refractivity contribution in [2.45, 2.75) is 25.7 Å². The molecular weight excluding hydrogens is 324 g/mol. The van der Waals surface area contributed by atoms with E-state index < -0.39 is 11.8 Å². The molecule has 0 radical (unpaired) electrons. The van der Waals surface area contributed by atoms with Crippen molar-refractivity contribution < 1.29 is 9.59 Å². The first-order valence-corrected chi connectivity index (χ1v) is 8.49. The second kappa shape index (κ2) is 9.30. The van der Waals surface area contributed by atoms with Crippen molar-refractivity contribution in [3.63, 3.8) is 0 Å². The van der Waals surface area contributed by atoms with Crippen molar-refractivity contribution in [3.05, 3.63) is 71.8 Å². The number of rotatable bonds is 8. The Labute approximate surface area is 153 Å². The van der Waals surface area contributed by atoms with Crippen molar-refractivity contribution in [2.75, 3.05) is 0 Å². The summed E-state index contributed by atoms with van der Waals surface area (Å²) in [5, 5.41) is 18.4. The molecule has 2 aromatic rings. The second-order valence-electron chi connectivity index (χ2n) is 6.31. The standard InChI is InChI=1S/C22H20N2O2/c1-16(25)12-20(18-8-4-2-5-9-18)21(13-17(14-23)15-24)22(26)19-10-6-3-7-11-19/h2-11,17,20-21H,12-13H2,1H3. The van der Waals surface area contributed by atoms with Gasteiger partial charge in [0.2, 0.25) is 0 Å². The number of nitrogens with zero attached hydrogens (tertiary/aromatic N) is 2. The Morgan fingerprint density at radius 3 is 1.96 bits per heavy atom. The lowest BCUT2D eigenvalue weighted by Gasteiger charge is -2.26. The smallest absolute Gasteiger partial charge is 0.166 e. The summed E-state index contributed by atoms with van der Waals surface area (Å²) < 4.78 is 0. The normalized spacial score (nSPS) is 12.6. The van der Waals surface area contributed by atoms with Crippen LogP contribution >= 0.6 is 0 Å². The third-order valence-corrected chi connectivity index (χ3v) is 4.42. The molecule has 0 aliphatic rings. The number of ketones is 2. The number of benzene rings is 2. The fourth-order valence-electron chi connectivity index (χ4n) is 3.16. The molecule has 2 aromatic carbocycles. The lowest BCUT2D eigenvalue weighted by molar-refractivity contribution is -0.117. The van der Waals surface area contributed by atoms with Crippen molar-refractivity contribution >= 4 is 11.6 Å². The lowest BCUT2D eigenvalue weighted by Crippen LogP contribution is -2.26. The molecule has 0 aromatic heterocycles. The highest BCUT2D eigenvalue weighted by molar-refractivity contribution is 5.98. The third-order valence-electron chi connectivity index (χ3n) is 4.42. The van der Waals surface area contributed by atoms with Crippen LogP contribution in [0.2, 0.25) is 0 Å². The highest BCUT2D eigenvalue weighted by Crippen LogP contribution is 2.35. The number of hydrogen-bond acceptors (Lipinski definition) is 4. The number of nitriles is 2. The molecule has 0 N–H and O–H groups in total. The summed E-state index contributed by atoms with van der Waals surface area (Å²) >= 11 is 0. The van der Waals surface area contributed by atoms with Gasteiger partial charge in [0.15, 0.2) is 5.78 Å². The third kappa shape index (κ3) is 4.88. The van der Waals surface area contributed by atoms with E-state index in [0.29, 0.717) is 5.56 Å². The van der Waals surface area contributed by atoms with Crippen LogP contribution in [0.3, 0.4) is 0 Å². The highest BCUT2D eigenvalue weighted by atomic mass is 16.1. The molecule has 0 fully saturated rings. The topological polar surface area (TPSA) is 81.7 Å². The Bertz CT molecular complexity index is 818. The average molecular weight is 344 g/mol. The van der Waals surface area contributed by atoms with E-state index in [1.165, 1.54) is 6.92 Å². The predicted molar refractivity (Wildman–Crippen MR) is 98.1 cm³/mol. The zero-order chi connectivity index (χ0) is 18.9. The van der Waals surface area contributed by atoms with E-state index in [1.807, 2.05) is 48.5 Å². The maximum absolute atomic E-state index is 13.2. The number of hydrogen-bond donors (Lipinski definition) is 0. The first-order valence-electron chi connectivity index (χ1n) is 8.49. The molecule has 26 heavy (non-hydrogen) atoms. The molecule has 0 saturated heterocycles. The van der Waals surface area contributed by atoms with Crippen molar-refractivity contribution in [3.8, 4) is 12.1 Å². The summed E-state index contributed by atoms with van der Waals surface area (Å²) in [6.07, 6.45) is 0.296. The Balaban J connectivity index is 2.48. The molecule has 4 heteroatoms. The summed E-state index contributed by atoms with van der Waals surface area (Å²) in [7, 11) is 0. The van der Waals surface area contributed by atoms with Gasteiger partial charge in [-0.1, -0.05) is 60.7 Å². The largest absolute Gasteiger partial charge is 0.300 e. The van der Waals surface area contributed by atoms with Gasteiger partial charge in [-0.05, 0) is 18.9 Å². The lowest BCUT2D eigenvalue weighted by atomic mass is 9.74. The summed E-state index contributed by atoms with van der Waals surface area (Å²) in [5.41, 5.74) is 1.39. The van der Waals surface area contributed by atoms with Crippen molar-refractivity contribution in [2.24, 2.45) is 11.8 Å². The molecule has 4 nitrogen and oxygen atoms in total. The van der Waals surface area contributed by atoms with Gasteiger partial charge in [0.1, 0.15) is 11.7 Å². The minimum absolute atomic E-state index is 0.0322. The van der Waals surface area contributed by atoms with Crippen molar-refractivity contribution in [1.82, 2.24) is 0 Å². The van der Waals surface area contributed by atoms with Crippen LogP contribution in [0, 0.1) is 34.5 Å². The molecule has 0 amide bonds. The first-order chi connectivity index (χ1) is 12.6. The Kier molecular flexibility index (Phi) is 6.83. The van der Waals surface area contributed by atoms with E-state index in [-0.39, 0.29) is 30.3 Å². The Hall–Kier alpha value is -3.24. The van der Waals surface area contributed by atoms with Gasteiger partial charge in [0.05, 0.1) is 12.1 Å². The van der Waals surface area contributed by atoms with E-state index in [4.69, 9.17) is 0 Å². The monoisotopic (exact) mass is 344 g/mol. The van der Waals surface area contributed by atoms with E-state index >= 15 is 0 Å². The second-order valence-corrected chi connectivity index (χ2v) is 6.31. The summed E-state index contributed by atoms with van der Waals surface area (Å²) in [4.78, 5) is 25.1. The molecular formula is C22H20N2O2. The molecule has 2 unspecified atom stereocenters. The first kappa shape index (κ1) is 19.1. The van der Waals surface area contributed by atoms with E-state index in [1.54, 1.807) is 24.3 Å². The van der Waals surface area contributed by atoms with Crippen LogP contribution in [0.5, 0.6) is 0 Å². The van der Waals surface area contributed by atoms with E-state index in [2.05, 4.69) is 0 Å². The van der Waals surface area contributed by atoms with Gasteiger partial charge in [-0.3, -0.25) is 4.79 Å². The Morgan fingerprint density at radius 2 is 1.46 bits per heavy atom. The van der Waals surface area contributed by atoms with Gasteiger partial charge >= 0.3 is 0 Å². The van der Waals surface area contributed by atoms with Gasteiger partial charge in [-0.25, -0.2) is 0 Å².